The molecule has 8 heteroatoms. The number of rotatable bonds is 10. The fourth-order valence-electron chi connectivity index (χ4n) is 4.72. The molecule has 2 aliphatic carbocycles. The molecule has 0 bridgehead atoms. The summed E-state index contributed by atoms with van der Waals surface area (Å²) in [4.78, 5) is 48.9. The Hall–Kier alpha value is -2.90. The van der Waals surface area contributed by atoms with E-state index < -0.39 is 0 Å². The Balaban J connectivity index is 1.30. The molecule has 0 aliphatic heterocycles. The first kappa shape index (κ1) is 25.7. The van der Waals surface area contributed by atoms with Gasteiger partial charge in [0.1, 0.15) is 0 Å². The number of carbonyl (C=O) groups is 4. The van der Waals surface area contributed by atoms with Gasteiger partial charge >= 0.3 is 0 Å². The van der Waals surface area contributed by atoms with E-state index in [1.54, 1.807) is 24.3 Å². The number of nitrogens with one attached hydrogen (secondary N) is 4. The van der Waals surface area contributed by atoms with Crippen molar-refractivity contribution in [2.45, 2.75) is 64.2 Å². The fraction of sp³-hybridized carbons (Fsp3) is 0.615. The van der Waals surface area contributed by atoms with Crippen LogP contribution in [0.1, 0.15) is 84.9 Å². The van der Waals surface area contributed by atoms with E-state index in [2.05, 4.69) is 21.3 Å². The molecule has 0 unspecified atom stereocenters. The average Bonchev–Trinajstić information content (AvgIpc) is 2.89. The summed E-state index contributed by atoms with van der Waals surface area (Å²) in [7, 11) is 0. The molecule has 34 heavy (non-hydrogen) atoms. The van der Waals surface area contributed by atoms with E-state index in [1.165, 1.54) is 12.8 Å². The van der Waals surface area contributed by atoms with Crippen molar-refractivity contribution < 1.29 is 19.2 Å². The molecule has 8 nitrogen and oxygen atoms in total. The van der Waals surface area contributed by atoms with E-state index in [0.29, 0.717) is 37.3 Å². The van der Waals surface area contributed by atoms with Gasteiger partial charge in [0, 0.05) is 49.1 Å². The van der Waals surface area contributed by atoms with E-state index in [0.717, 1.165) is 51.4 Å². The lowest BCUT2D eigenvalue weighted by Gasteiger charge is -2.20. The summed E-state index contributed by atoms with van der Waals surface area (Å²) in [6.07, 6.45) is 10.7. The van der Waals surface area contributed by atoms with Crippen LogP contribution >= 0.6 is 0 Å². The maximum atomic E-state index is 12.3. The molecule has 2 fully saturated rings. The zero-order chi connectivity index (χ0) is 24.2. The lowest BCUT2D eigenvalue weighted by Crippen LogP contribution is -2.38. The summed E-state index contributed by atoms with van der Waals surface area (Å²) in [5, 5.41) is 11.4. The van der Waals surface area contributed by atoms with Gasteiger partial charge < -0.3 is 21.3 Å². The third-order valence-electron chi connectivity index (χ3n) is 6.78. The van der Waals surface area contributed by atoms with Gasteiger partial charge in [-0.2, -0.15) is 0 Å². The van der Waals surface area contributed by atoms with Gasteiger partial charge in [-0.3, -0.25) is 19.2 Å². The van der Waals surface area contributed by atoms with E-state index in [-0.39, 0.29) is 35.5 Å². The van der Waals surface area contributed by atoms with Crippen LogP contribution in [0.2, 0.25) is 0 Å². The highest BCUT2D eigenvalue weighted by atomic mass is 16.2. The second-order valence-corrected chi connectivity index (χ2v) is 9.34. The molecule has 1 aromatic rings. The molecule has 0 heterocycles. The second kappa shape index (κ2) is 13.7. The van der Waals surface area contributed by atoms with Crippen LogP contribution in [0, 0.1) is 11.8 Å². The normalized spacial score (nSPS) is 16.9. The molecule has 0 atom stereocenters. The van der Waals surface area contributed by atoms with Crippen molar-refractivity contribution >= 4 is 23.6 Å². The molecule has 4 amide bonds. The average molecular weight is 471 g/mol. The van der Waals surface area contributed by atoms with Crippen molar-refractivity contribution in [2.24, 2.45) is 11.8 Å². The third-order valence-corrected chi connectivity index (χ3v) is 6.78. The van der Waals surface area contributed by atoms with E-state index in [4.69, 9.17) is 0 Å². The van der Waals surface area contributed by atoms with Crippen LogP contribution in [0.5, 0.6) is 0 Å². The van der Waals surface area contributed by atoms with Crippen LogP contribution < -0.4 is 21.3 Å². The third kappa shape index (κ3) is 8.15. The number of amides is 4. The van der Waals surface area contributed by atoms with E-state index in [1.807, 2.05) is 0 Å². The van der Waals surface area contributed by atoms with Crippen molar-refractivity contribution in [1.82, 2.24) is 21.3 Å². The number of carbonyl (C=O) groups excluding carboxylic acids is 4. The summed E-state index contributed by atoms with van der Waals surface area (Å²) >= 11 is 0. The molecule has 0 aromatic heterocycles. The molecule has 186 valence electrons. The molecule has 0 spiro atoms. The minimum Gasteiger partial charge on any atom is -0.354 e. The smallest absolute Gasteiger partial charge is 0.251 e. The van der Waals surface area contributed by atoms with Crippen molar-refractivity contribution in [1.29, 1.82) is 0 Å². The van der Waals surface area contributed by atoms with Gasteiger partial charge in [-0.15, -0.1) is 0 Å². The van der Waals surface area contributed by atoms with Crippen LogP contribution in [0.3, 0.4) is 0 Å². The molecule has 0 radical (unpaired) electrons. The van der Waals surface area contributed by atoms with Gasteiger partial charge in [0.05, 0.1) is 0 Å². The minimum absolute atomic E-state index is 0.0814. The minimum atomic E-state index is -0.246. The second-order valence-electron chi connectivity index (χ2n) is 9.34. The van der Waals surface area contributed by atoms with E-state index >= 15 is 0 Å². The Labute approximate surface area is 202 Å². The Morgan fingerprint density at radius 2 is 0.853 bits per heavy atom. The zero-order valence-electron chi connectivity index (χ0n) is 20.0. The number of hydrogen-bond donors (Lipinski definition) is 4. The topological polar surface area (TPSA) is 116 Å². The Bertz CT molecular complexity index is 759. The maximum Gasteiger partial charge on any atom is 0.251 e. The summed E-state index contributed by atoms with van der Waals surface area (Å²) in [5.74, 6) is -0.114. The fourth-order valence-corrected chi connectivity index (χ4v) is 4.72. The van der Waals surface area contributed by atoms with Gasteiger partial charge in [-0.25, -0.2) is 0 Å². The summed E-state index contributed by atoms with van der Waals surface area (Å²) in [6, 6.07) is 6.43. The number of hydrogen-bond acceptors (Lipinski definition) is 4. The van der Waals surface area contributed by atoms with Crippen molar-refractivity contribution in [3.05, 3.63) is 35.4 Å². The molecule has 2 saturated carbocycles. The first-order valence-corrected chi connectivity index (χ1v) is 12.8. The maximum absolute atomic E-state index is 12.3. The van der Waals surface area contributed by atoms with E-state index in [9.17, 15) is 19.2 Å². The molecular formula is C26H38N4O4. The van der Waals surface area contributed by atoms with Crippen molar-refractivity contribution in [3.8, 4) is 0 Å². The lowest BCUT2D eigenvalue weighted by atomic mass is 9.89. The van der Waals surface area contributed by atoms with Gasteiger partial charge in [0.2, 0.25) is 11.8 Å². The Morgan fingerprint density at radius 3 is 1.21 bits per heavy atom. The molecule has 3 rings (SSSR count). The van der Waals surface area contributed by atoms with Gasteiger partial charge in [-0.05, 0) is 49.9 Å². The van der Waals surface area contributed by atoms with Crippen LogP contribution in [-0.4, -0.2) is 49.8 Å². The van der Waals surface area contributed by atoms with Crippen LogP contribution in [0.15, 0.2) is 24.3 Å². The molecule has 4 N–H and O–H groups in total. The lowest BCUT2D eigenvalue weighted by molar-refractivity contribution is -0.126. The molecule has 0 saturated heterocycles. The summed E-state index contributed by atoms with van der Waals surface area (Å²) < 4.78 is 0. The molecule has 1 aromatic carbocycles. The standard InChI is InChI=1S/C26H38N4O4/c31-23(19-7-3-1-4-8-19)27-15-17-29-25(33)21-11-13-22(14-12-21)26(34)30-18-16-28-24(32)20-9-5-2-6-10-20/h11-14,19-20H,1-10,15-18H2,(H,27,31)(H,28,32)(H,29,33)(H,30,34). The largest absolute Gasteiger partial charge is 0.354 e. The van der Waals surface area contributed by atoms with Crippen LogP contribution in [0.25, 0.3) is 0 Å². The molecular weight excluding hydrogens is 432 g/mol. The number of benzene rings is 1. The highest BCUT2D eigenvalue weighted by molar-refractivity contribution is 5.97. The summed E-state index contributed by atoms with van der Waals surface area (Å²) in [5.41, 5.74) is 0.907. The van der Waals surface area contributed by atoms with Crippen LogP contribution in [0.4, 0.5) is 0 Å². The van der Waals surface area contributed by atoms with Gasteiger partial charge in [0.15, 0.2) is 0 Å². The van der Waals surface area contributed by atoms with Crippen LogP contribution in [-0.2, 0) is 9.59 Å². The summed E-state index contributed by atoms with van der Waals surface area (Å²) in [6.45, 7) is 1.51. The Kier molecular flexibility index (Phi) is 10.4. The highest BCUT2D eigenvalue weighted by Crippen LogP contribution is 2.24. The highest BCUT2D eigenvalue weighted by Gasteiger charge is 2.21. The van der Waals surface area contributed by atoms with Crippen molar-refractivity contribution in [3.63, 3.8) is 0 Å². The molecule has 2 aliphatic rings. The zero-order valence-corrected chi connectivity index (χ0v) is 20.0. The SMILES string of the molecule is O=C(NCCNC(=O)C1CCCCC1)c1ccc(C(=O)NCCNC(=O)C2CCCCC2)cc1. The monoisotopic (exact) mass is 470 g/mol. The van der Waals surface area contributed by atoms with Gasteiger partial charge in [0.25, 0.3) is 11.8 Å². The van der Waals surface area contributed by atoms with Crippen molar-refractivity contribution in [2.75, 3.05) is 26.2 Å². The predicted molar refractivity (Wildman–Crippen MR) is 130 cm³/mol. The quantitative estimate of drug-likeness (QED) is 0.393. The Morgan fingerprint density at radius 1 is 0.529 bits per heavy atom. The first-order valence-electron chi connectivity index (χ1n) is 12.8. The first-order chi connectivity index (χ1) is 16.5. The van der Waals surface area contributed by atoms with Gasteiger partial charge in [-0.1, -0.05) is 38.5 Å². The predicted octanol–water partition coefficient (Wildman–Crippen LogP) is 2.54.